The zero-order chi connectivity index (χ0) is 15.1. The Morgan fingerprint density at radius 1 is 1.23 bits per heavy atom. The van der Waals surface area contributed by atoms with E-state index in [0.717, 1.165) is 6.42 Å². The summed E-state index contributed by atoms with van der Waals surface area (Å²) in [5.74, 6) is 1.11. The van der Waals surface area contributed by atoms with Gasteiger partial charge in [-0.3, -0.25) is 4.79 Å². The Morgan fingerprint density at radius 2 is 2.05 bits per heavy atom. The highest BCUT2D eigenvalue weighted by Crippen LogP contribution is 2.48. The number of carbonyl (C=O) groups is 1. The molecule has 5 heteroatoms. The molecule has 0 aliphatic heterocycles. The smallest absolute Gasteiger partial charge is 0.229 e. The van der Waals surface area contributed by atoms with E-state index >= 15 is 0 Å². The number of nitrogens with one attached hydrogen (secondary N) is 1. The fraction of sp³-hybridized carbons (Fsp3) is 0.235. The van der Waals surface area contributed by atoms with Gasteiger partial charge in [-0.2, -0.15) is 4.37 Å². The largest absolute Gasteiger partial charge is 0.300 e. The first kappa shape index (κ1) is 13.4. The number of fused-ring (bicyclic) bond motifs is 1. The number of hydrogen-bond acceptors (Lipinski definition) is 4. The van der Waals surface area contributed by atoms with E-state index in [4.69, 9.17) is 0 Å². The number of benzene rings is 2. The molecule has 0 radical (unpaired) electrons. The highest BCUT2D eigenvalue weighted by Gasteiger charge is 2.44. The van der Waals surface area contributed by atoms with Crippen LogP contribution in [0.25, 0.3) is 10.8 Å². The van der Waals surface area contributed by atoms with E-state index in [1.165, 1.54) is 27.9 Å². The van der Waals surface area contributed by atoms with Gasteiger partial charge in [-0.15, -0.1) is 0 Å². The van der Waals surface area contributed by atoms with Crippen molar-refractivity contribution in [3.63, 3.8) is 0 Å². The van der Waals surface area contributed by atoms with Crippen LogP contribution in [0.4, 0.5) is 5.13 Å². The molecule has 0 unspecified atom stereocenters. The second kappa shape index (κ2) is 5.18. The van der Waals surface area contributed by atoms with Crippen LogP contribution >= 0.6 is 11.5 Å². The van der Waals surface area contributed by atoms with Gasteiger partial charge in [0.05, 0.1) is 0 Å². The molecular formula is C17H15N3OS. The third-order valence-electron chi connectivity index (χ3n) is 4.09. The molecule has 0 bridgehead atoms. The summed E-state index contributed by atoms with van der Waals surface area (Å²) in [6.45, 7) is 1.82. The maximum atomic E-state index is 12.3. The van der Waals surface area contributed by atoms with E-state index in [1.807, 2.05) is 19.1 Å². The molecule has 4 rings (SSSR count). The van der Waals surface area contributed by atoms with E-state index in [0.29, 0.717) is 16.9 Å². The molecule has 1 aliphatic carbocycles. The lowest BCUT2D eigenvalue weighted by molar-refractivity contribution is -0.117. The molecule has 1 saturated carbocycles. The van der Waals surface area contributed by atoms with Crippen LogP contribution in [-0.4, -0.2) is 15.3 Å². The van der Waals surface area contributed by atoms with Crippen LogP contribution in [0.3, 0.4) is 0 Å². The minimum Gasteiger partial charge on any atom is -0.300 e. The molecule has 1 heterocycles. The lowest BCUT2D eigenvalue weighted by Gasteiger charge is -2.04. The Kier molecular flexibility index (Phi) is 3.15. The average molecular weight is 309 g/mol. The first-order chi connectivity index (χ1) is 10.7. The van der Waals surface area contributed by atoms with E-state index in [1.54, 1.807) is 0 Å². The summed E-state index contributed by atoms with van der Waals surface area (Å²) in [6.07, 6.45) is 0.905. The number of nitrogens with zero attached hydrogens (tertiary/aromatic N) is 2. The van der Waals surface area contributed by atoms with Crippen LogP contribution in [0.5, 0.6) is 0 Å². The molecule has 0 saturated heterocycles. The number of aryl methyl sites for hydroxylation is 1. The average Bonchev–Trinajstić information content (AvgIpc) is 3.24. The predicted molar refractivity (Wildman–Crippen MR) is 88.1 cm³/mol. The Hall–Kier alpha value is -2.27. The van der Waals surface area contributed by atoms with Crippen LogP contribution in [-0.2, 0) is 4.79 Å². The zero-order valence-corrected chi connectivity index (χ0v) is 12.9. The van der Waals surface area contributed by atoms with E-state index < -0.39 is 0 Å². The molecule has 22 heavy (non-hydrogen) atoms. The molecule has 1 amide bonds. The third kappa shape index (κ3) is 2.48. The van der Waals surface area contributed by atoms with Crippen LogP contribution < -0.4 is 5.32 Å². The minimum absolute atomic E-state index is 0.0466. The van der Waals surface area contributed by atoms with Crippen LogP contribution in [0.2, 0.25) is 0 Å². The highest BCUT2D eigenvalue weighted by atomic mass is 32.1. The topological polar surface area (TPSA) is 54.9 Å². The maximum Gasteiger partial charge on any atom is 0.229 e. The standard InChI is InChI=1S/C17H15N3OS/c1-10-18-17(22-20-10)19-16(21)15-9-14(15)13-7-6-11-4-2-3-5-12(11)8-13/h2-8,14-15H,9H2,1H3,(H,18,19,20,21)/t14-,15+/m1/s1. The molecule has 110 valence electrons. The van der Waals surface area contributed by atoms with Gasteiger partial charge in [0.25, 0.3) is 0 Å². The fourth-order valence-corrected chi connectivity index (χ4v) is 3.42. The van der Waals surface area contributed by atoms with Crippen LogP contribution in [0, 0.1) is 12.8 Å². The summed E-state index contributed by atoms with van der Waals surface area (Å²) >= 11 is 1.23. The van der Waals surface area contributed by atoms with Crippen molar-refractivity contribution in [2.45, 2.75) is 19.3 Å². The van der Waals surface area contributed by atoms with E-state index in [2.05, 4.69) is 45.0 Å². The van der Waals surface area contributed by atoms with Gasteiger partial charge in [0.15, 0.2) is 0 Å². The fourth-order valence-electron chi connectivity index (χ4n) is 2.84. The van der Waals surface area contributed by atoms with Crippen LogP contribution in [0.15, 0.2) is 42.5 Å². The van der Waals surface area contributed by atoms with Crippen molar-refractivity contribution in [2.24, 2.45) is 5.92 Å². The number of carbonyl (C=O) groups excluding carboxylic acids is 1. The first-order valence-electron chi connectivity index (χ1n) is 7.30. The normalized spacial score (nSPS) is 20.0. The second-order valence-corrected chi connectivity index (χ2v) is 6.44. The Bertz CT molecular complexity index is 858. The molecular weight excluding hydrogens is 294 g/mol. The number of hydrogen-bond donors (Lipinski definition) is 1. The third-order valence-corrected chi connectivity index (χ3v) is 4.81. The van der Waals surface area contributed by atoms with Gasteiger partial charge in [0, 0.05) is 17.5 Å². The molecule has 3 aromatic rings. The molecule has 1 aliphatic rings. The summed E-state index contributed by atoms with van der Waals surface area (Å²) in [6, 6.07) is 14.8. The molecule has 1 N–H and O–H groups in total. The van der Waals surface area contributed by atoms with Gasteiger partial charge in [0.2, 0.25) is 11.0 Å². The first-order valence-corrected chi connectivity index (χ1v) is 8.08. The molecule has 4 nitrogen and oxygen atoms in total. The molecule has 2 aromatic carbocycles. The number of aromatic nitrogens is 2. The van der Waals surface area contributed by atoms with Crippen molar-refractivity contribution < 1.29 is 4.79 Å². The maximum absolute atomic E-state index is 12.3. The Labute approximate surface area is 132 Å². The Balaban J connectivity index is 1.49. The lowest BCUT2D eigenvalue weighted by Crippen LogP contribution is -2.14. The van der Waals surface area contributed by atoms with Gasteiger partial charge in [-0.1, -0.05) is 42.5 Å². The minimum atomic E-state index is 0.0466. The predicted octanol–water partition coefficient (Wildman–Crippen LogP) is 3.74. The monoisotopic (exact) mass is 309 g/mol. The Morgan fingerprint density at radius 3 is 2.82 bits per heavy atom. The van der Waals surface area contributed by atoms with Gasteiger partial charge < -0.3 is 5.32 Å². The van der Waals surface area contributed by atoms with E-state index in [9.17, 15) is 4.79 Å². The van der Waals surface area contributed by atoms with Crippen molar-refractivity contribution in [3.8, 4) is 0 Å². The van der Waals surface area contributed by atoms with Gasteiger partial charge >= 0.3 is 0 Å². The molecule has 0 spiro atoms. The quantitative estimate of drug-likeness (QED) is 0.802. The van der Waals surface area contributed by atoms with E-state index in [-0.39, 0.29) is 11.8 Å². The summed E-state index contributed by atoms with van der Waals surface area (Å²) in [5.41, 5.74) is 1.24. The summed E-state index contributed by atoms with van der Waals surface area (Å²) in [5, 5.41) is 5.92. The van der Waals surface area contributed by atoms with Crippen molar-refractivity contribution in [1.29, 1.82) is 0 Å². The number of amides is 1. The van der Waals surface area contributed by atoms with Crippen LogP contribution in [0.1, 0.15) is 23.7 Å². The lowest BCUT2D eigenvalue weighted by atomic mass is 10.0. The van der Waals surface area contributed by atoms with Gasteiger partial charge in [-0.25, -0.2) is 4.98 Å². The van der Waals surface area contributed by atoms with Crippen molar-refractivity contribution in [1.82, 2.24) is 9.36 Å². The molecule has 1 fully saturated rings. The van der Waals surface area contributed by atoms with Gasteiger partial charge in [0.1, 0.15) is 5.82 Å². The van der Waals surface area contributed by atoms with Gasteiger partial charge in [-0.05, 0) is 35.6 Å². The summed E-state index contributed by atoms with van der Waals surface area (Å²) in [4.78, 5) is 16.4. The van der Waals surface area contributed by atoms with Crippen molar-refractivity contribution >= 4 is 33.3 Å². The zero-order valence-electron chi connectivity index (χ0n) is 12.1. The molecule has 2 atom stereocenters. The second-order valence-electron chi connectivity index (χ2n) is 5.69. The number of anilines is 1. The highest BCUT2D eigenvalue weighted by molar-refractivity contribution is 7.09. The SMILES string of the molecule is Cc1nsc(NC(=O)[C@H]2C[C@@H]2c2ccc3ccccc3c2)n1. The summed E-state index contributed by atoms with van der Waals surface area (Å²) < 4.78 is 4.08. The summed E-state index contributed by atoms with van der Waals surface area (Å²) in [7, 11) is 0. The van der Waals surface area contributed by atoms with Crippen molar-refractivity contribution in [3.05, 3.63) is 53.9 Å². The molecule has 1 aromatic heterocycles. The number of rotatable bonds is 3. The van der Waals surface area contributed by atoms with Crippen molar-refractivity contribution in [2.75, 3.05) is 5.32 Å².